The smallest absolute Gasteiger partial charge is 0.266 e. The van der Waals surface area contributed by atoms with E-state index in [1.165, 1.54) is 17.4 Å². The molecule has 192 valence electrons. The molecule has 2 aromatic carbocycles. The van der Waals surface area contributed by atoms with Crippen LogP contribution in [0.3, 0.4) is 0 Å². The van der Waals surface area contributed by atoms with Gasteiger partial charge in [0.15, 0.2) is 0 Å². The van der Waals surface area contributed by atoms with E-state index in [-0.39, 0.29) is 17.0 Å². The Kier molecular flexibility index (Phi) is 7.74. The highest BCUT2D eigenvalue weighted by molar-refractivity contribution is 7.21. The zero-order valence-corrected chi connectivity index (χ0v) is 22.4. The van der Waals surface area contributed by atoms with Crippen LogP contribution in [0.1, 0.15) is 40.9 Å². The maximum atomic E-state index is 14.6. The Morgan fingerprint density at radius 3 is 2.65 bits per heavy atom. The van der Waals surface area contributed by atoms with E-state index in [2.05, 4.69) is 16.4 Å². The number of rotatable bonds is 7. The lowest BCUT2D eigenvalue weighted by atomic mass is 9.89. The van der Waals surface area contributed by atoms with Crippen LogP contribution in [-0.2, 0) is 6.54 Å². The summed E-state index contributed by atoms with van der Waals surface area (Å²) in [7, 11) is 3.62. The molecule has 0 spiro atoms. The predicted octanol–water partition coefficient (Wildman–Crippen LogP) is 6.94. The van der Waals surface area contributed by atoms with Gasteiger partial charge in [0, 0.05) is 52.2 Å². The minimum atomic E-state index is -0.412. The average molecular weight is 538 g/mol. The largest absolute Gasteiger partial charge is 0.496 e. The van der Waals surface area contributed by atoms with Crippen LogP contribution in [-0.4, -0.2) is 42.0 Å². The fraction of sp³-hybridized carbons (Fsp3) is 0.310. The highest BCUT2D eigenvalue weighted by Crippen LogP contribution is 2.39. The topological polar surface area (TPSA) is 54.5 Å². The fourth-order valence-electron chi connectivity index (χ4n) is 5.18. The van der Waals surface area contributed by atoms with Gasteiger partial charge in [0.2, 0.25) is 0 Å². The number of amides is 1. The quantitative estimate of drug-likeness (QED) is 0.277. The van der Waals surface area contributed by atoms with Crippen LogP contribution in [0.4, 0.5) is 4.39 Å². The summed E-state index contributed by atoms with van der Waals surface area (Å²) in [5.41, 5.74) is 2.88. The van der Waals surface area contributed by atoms with Crippen molar-refractivity contribution in [1.82, 2.24) is 15.2 Å². The van der Waals surface area contributed by atoms with Crippen LogP contribution in [0, 0.1) is 5.82 Å². The molecule has 0 radical (unpaired) electrons. The third-order valence-electron chi connectivity index (χ3n) is 7.22. The van der Waals surface area contributed by atoms with E-state index >= 15 is 0 Å². The molecule has 8 heteroatoms. The third kappa shape index (κ3) is 5.21. The second-order valence-electron chi connectivity index (χ2n) is 9.35. The molecule has 0 saturated heterocycles. The summed E-state index contributed by atoms with van der Waals surface area (Å²) in [6.45, 7) is 0.359. The Bertz CT molecular complexity index is 1400. The van der Waals surface area contributed by atoms with Gasteiger partial charge in [0.05, 0.1) is 12.1 Å². The lowest BCUT2D eigenvalue weighted by molar-refractivity contribution is 0.0604. The first-order valence-corrected chi connectivity index (χ1v) is 13.6. The van der Waals surface area contributed by atoms with Gasteiger partial charge >= 0.3 is 0 Å². The van der Waals surface area contributed by atoms with Gasteiger partial charge < -0.3 is 15.0 Å². The van der Waals surface area contributed by atoms with Gasteiger partial charge in [-0.1, -0.05) is 29.8 Å². The summed E-state index contributed by atoms with van der Waals surface area (Å²) in [6, 6.07) is 15.2. The molecule has 37 heavy (non-hydrogen) atoms. The fourth-order valence-corrected chi connectivity index (χ4v) is 6.69. The number of nitrogens with zero attached hydrogens (tertiary/aromatic N) is 2. The van der Waals surface area contributed by atoms with Gasteiger partial charge in [-0.15, -0.1) is 11.3 Å². The zero-order valence-electron chi connectivity index (χ0n) is 20.8. The SMILES string of the molecule is CNC1CCC(N(Cc2cc(-c3cccnc3)ccc2OC)C(=O)c2sc3cccc(F)c3c2Cl)CC1. The van der Waals surface area contributed by atoms with Crippen molar-refractivity contribution in [1.29, 1.82) is 0 Å². The lowest BCUT2D eigenvalue weighted by Crippen LogP contribution is -2.44. The molecule has 5 nitrogen and oxygen atoms in total. The van der Waals surface area contributed by atoms with Crippen molar-refractivity contribution in [2.75, 3.05) is 14.2 Å². The monoisotopic (exact) mass is 537 g/mol. The normalized spacial score (nSPS) is 17.6. The number of ether oxygens (including phenoxy) is 1. The molecule has 2 heterocycles. The van der Waals surface area contributed by atoms with E-state index in [1.807, 2.05) is 42.4 Å². The zero-order chi connectivity index (χ0) is 25.9. The van der Waals surface area contributed by atoms with Crippen LogP contribution < -0.4 is 10.1 Å². The van der Waals surface area contributed by atoms with E-state index < -0.39 is 5.82 Å². The molecule has 1 amide bonds. The van der Waals surface area contributed by atoms with Gasteiger partial charge in [0.25, 0.3) is 5.91 Å². The van der Waals surface area contributed by atoms with Crippen molar-refractivity contribution in [2.24, 2.45) is 0 Å². The molecule has 1 aliphatic rings. The van der Waals surface area contributed by atoms with Gasteiger partial charge in [-0.3, -0.25) is 9.78 Å². The van der Waals surface area contributed by atoms with Crippen LogP contribution in [0.5, 0.6) is 5.75 Å². The van der Waals surface area contributed by atoms with Gasteiger partial charge in [-0.25, -0.2) is 4.39 Å². The molecule has 0 atom stereocenters. The van der Waals surface area contributed by atoms with E-state index in [1.54, 1.807) is 25.4 Å². The first-order chi connectivity index (χ1) is 18.0. The third-order valence-corrected chi connectivity index (χ3v) is 8.86. The van der Waals surface area contributed by atoms with Crippen molar-refractivity contribution in [3.63, 3.8) is 0 Å². The van der Waals surface area contributed by atoms with Crippen molar-refractivity contribution in [2.45, 2.75) is 44.3 Å². The molecule has 0 unspecified atom stereocenters. The number of hydrogen-bond donors (Lipinski definition) is 1. The molecule has 1 fully saturated rings. The number of fused-ring (bicyclic) bond motifs is 1. The first kappa shape index (κ1) is 25.6. The summed E-state index contributed by atoms with van der Waals surface area (Å²) < 4.78 is 20.9. The van der Waals surface area contributed by atoms with Crippen molar-refractivity contribution in [3.8, 4) is 16.9 Å². The second-order valence-corrected chi connectivity index (χ2v) is 10.8. The molecule has 4 aromatic rings. The number of methoxy groups -OCH3 is 1. The molecule has 5 rings (SSSR count). The molecule has 1 N–H and O–H groups in total. The van der Waals surface area contributed by atoms with E-state index in [0.29, 0.717) is 33.3 Å². The van der Waals surface area contributed by atoms with Crippen molar-refractivity contribution in [3.05, 3.63) is 82.2 Å². The van der Waals surface area contributed by atoms with E-state index in [4.69, 9.17) is 16.3 Å². The number of carbonyl (C=O) groups is 1. The molecule has 2 aromatic heterocycles. The predicted molar refractivity (Wildman–Crippen MR) is 148 cm³/mol. The average Bonchev–Trinajstić information content (AvgIpc) is 3.29. The molecular formula is C29H29ClFN3O2S. The summed E-state index contributed by atoms with van der Waals surface area (Å²) >= 11 is 7.88. The van der Waals surface area contributed by atoms with Crippen LogP contribution in [0.2, 0.25) is 5.02 Å². The second kappa shape index (κ2) is 11.2. The van der Waals surface area contributed by atoms with E-state index in [0.717, 1.165) is 42.4 Å². The Labute approximate surface area is 225 Å². The minimum absolute atomic E-state index is 0.0370. The highest BCUT2D eigenvalue weighted by atomic mass is 35.5. The number of pyridine rings is 1. The summed E-state index contributed by atoms with van der Waals surface area (Å²) in [5.74, 6) is 0.125. The summed E-state index contributed by atoms with van der Waals surface area (Å²) in [4.78, 5) is 20.6. The number of aromatic nitrogens is 1. The summed E-state index contributed by atoms with van der Waals surface area (Å²) in [6.07, 6.45) is 7.27. The van der Waals surface area contributed by atoms with Crippen LogP contribution in [0.25, 0.3) is 21.2 Å². The van der Waals surface area contributed by atoms with E-state index in [9.17, 15) is 9.18 Å². The Morgan fingerprint density at radius 2 is 1.97 bits per heavy atom. The number of benzene rings is 2. The summed E-state index contributed by atoms with van der Waals surface area (Å²) in [5, 5.41) is 3.86. The molecule has 0 aliphatic heterocycles. The number of nitrogens with one attached hydrogen (secondary N) is 1. The van der Waals surface area contributed by atoms with Gasteiger partial charge in [0.1, 0.15) is 16.4 Å². The van der Waals surface area contributed by atoms with Gasteiger partial charge in [-0.2, -0.15) is 0 Å². The number of hydrogen-bond acceptors (Lipinski definition) is 5. The van der Waals surface area contributed by atoms with Crippen molar-refractivity contribution < 1.29 is 13.9 Å². The van der Waals surface area contributed by atoms with Crippen molar-refractivity contribution >= 4 is 38.9 Å². The Morgan fingerprint density at radius 1 is 1.16 bits per heavy atom. The van der Waals surface area contributed by atoms with Crippen LogP contribution >= 0.6 is 22.9 Å². The van der Waals surface area contributed by atoms with Gasteiger partial charge in [-0.05, 0) is 68.6 Å². The minimum Gasteiger partial charge on any atom is -0.496 e. The lowest BCUT2D eigenvalue weighted by Gasteiger charge is -2.37. The molecule has 0 bridgehead atoms. The highest BCUT2D eigenvalue weighted by Gasteiger charge is 2.32. The first-order valence-electron chi connectivity index (χ1n) is 12.4. The molecule has 1 saturated carbocycles. The number of carbonyl (C=O) groups excluding carboxylic acids is 1. The maximum absolute atomic E-state index is 14.6. The molecule has 1 aliphatic carbocycles. The number of halogens is 2. The Hall–Kier alpha value is -3.00. The standard InChI is InChI=1S/C29H29ClFN3O2S/c1-32-21-9-11-22(12-10-21)34(29(35)28-27(30)26-23(31)6-3-7-25(26)37-28)17-20-15-18(8-13-24(20)36-2)19-5-4-14-33-16-19/h3-8,13-16,21-22,32H,9-12,17H2,1-2H3. The Balaban J connectivity index is 1.54. The van der Waals surface area contributed by atoms with Crippen LogP contribution in [0.15, 0.2) is 60.9 Å². The number of thiophene rings is 1. The maximum Gasteiger partial charge on any atom is 0.266 e. The molecular weight excluding hydrogens is 509 g/mol.